The van der Waals surface area contributed by atoms with Gasteiger partial charge < -0.3 is 20.2 Å². The standard InChI is InChI=1S/C15H25N3O3/c19-14(20)8-11-3-6-18(10-11)15(21)16-12-4-7-17-5-1-2-13(17)9-12/h11-13H,1-10H2,(H,16,21)(H,19,20). The molecule has 0 aromatic carbocycles. The number of piperidine rings is 1. The topological polar surface area (TPSA) is 72.9 Å². The molecule has 3 saturated heterocycles. The van der Waals surface area contributed by atoms with Crippen LogP contribution in [0.15, 0.2) is 0 Å². The van der Waals surface area contributed by atoms with Gasteiger partial charge in [-0.1, -0.05) is 0 Å². The fourth-order valence-electron chi connectivity index (χ4n) is 4.05. The number of aliphatic carboxylic acids is 1. The monoisotopic (exact) mass is 295 g/mol. The Kier molecular flexibility index (Phi) is 4.33. The van der Waals surface area contributed by atoms with E-state index in [1.807, 2.05) is 0 Å². The van der Waals surface area contributed by atoms with E-state index in [1.54, 1.807) is 4.90 Å². The Morgan fingerprint density at radius 3 is 2.81 bits per heavy atom. The van der Waals surface area contributed by atoms with Crippen molar-refractivity contribution in [3.63, 3.8) is 0 Å². The van der Waals surface area contributed by atoms with Crippen LogP contribution in [0.4, 0.5) is 4.79 Å². The number of urea groups is 1. The quantitative estimate of drug-likeness (QED) is 0.818. The van der Waals surface area contributed by atoms with Crippen LogP contribution in [0.25, 0.3) is 0 Å². The number of hydrogen-bond donors (Lipinski definition) is 2. The Balaban J connectivity index is 1.45. The lowest BCUT2D eigenvalue weighted by Gasteiger charge is -2.35. The second-order valence-corrected chi connectivity index (χ2v) is 6.70. The van der Waals surface area contributed by atoms with Crippen LogP contribution >= 0.6 is 0 Å². The second kappa shape index (κ2) is 6.22. The molecule has 2 N–H and O–H groups in total. The number of nitrogens with one attached hydrogen (secondary N) is 1. The zero-order valence-electron chi connectivity index (χ0n) is 12.5. The average molecular weight is 295 g/mol. The molecule has 6 heteroatoms. The van der Waals surface area contributed by atoms with E-state index in [0.29, 0.717) is 19.1 Å². The highest BCUT2D eigenvalue weighted by Gasteiger charge is 2.34. The number of carboxylic acids is 1. The highest BCUT2D eigenvalue weighted by atomic mass is 16.4. The van der Waals surface area contributed by atoms with E-state index in [-0.39, 0.29) is 24.4 Å². The molecule has 0 bridgehead atoms. The minimum atomic E-state index is -0.768. The van der Waals surface area contributed by atoms with E-state index in [4.69, 9.17) is 5.11 Å². The van der Waals surface area contributed by atoms with E-state index in [2.05, 4.69) is 10.2 Å². The number of rotatable bonds is 3. The first kappa shape index (κ1) is 14.6. The first-order chi connectivity index (χ1) is 10.1. The van der Waals surface area contributed by atoms with Gasteiger partial charge in [0.15, 0.2) is 0 Å². The molecule has 3 rings (SSSR count). The molecule has 118 valence electrons. The van der Waals surface area contributed by atoms with Crippen molar-refractivity contribution >= 4 is 12.0 Å². The predicted octanol–water partition coefficient (Wildman–Crippen LogP) is 1.12. The molecule has 21 heavy (non-hydrogen) atoms. The molecule has 0 aromatic rings. The van der Waals surface area contributed by atoms with Gasteiger partial charge in [-0.15, -0.1) is 0 Å². The highest BCUT2D eigenvalue weighted by molar-refractivity contribution is 5.75. The zero-order valence-corrected chi connectivity index (χ0v) is 12.5. The number of amides is 2. The molecule has 0 saturated carbocycles. The van der Waals surface area contributed by atoms with Gasteiger partial charge in [-0.05, 0) is 44.6 Å². The molecule has 3 aliphatic heterocycles. The predicted molar refractivity (Wildman–Crippen MR) is 78.1 cm³/mol. The van der Waals surface area contributed by atoms with E-state index in [0.717, 1.165) is 25.8 Å². The third-order valence-corrected chi connectivity index (χ3v) is 5.18. The number of nitrogens with zero attached hydrogens (tertiary/aromatic N) is 2. The summed E-state index contributed by atoms with van der Waals surface area (Å²) in [5.41, 5.74) is 0. The zero-order chi connectivity index (χ0) is 14.8. The third kappa shape index (κ3) is 3.48. The van der Waals surface area contributed by atoms with Gasteiger partial charge in [-0.3, -0.25) is 4.79 Å². The maximum Gasteiger partial charge on any atom is 0.317 e. The molecule has 0 aromatic heterocycles. The summed E-state index contributed by atoms with van der Waals surface area (Å²) < 4.78 is 0. The first-order valence-electron chi connectivity index (χ1n) is 8.13. The van der Waals surface area contributed by atoms with Gasteiger partial charge in [0.05, 0.1) is 0 Å². The Morgan fingerprint density at radius 1 is 1.14 bits per heavy atom. The molecule has 3 unspecified atom stereocenters. The fourth-order valence-corrected chi connectivity index (χ4v) is 4.05. The SMILES string of the molecule is O=C(O)CC1CCN(C(=O)NC2CCN3CCCC3C2)C1. The van der Waals surface area contributed by atoms with Crippen molar-refractivity contribution in [2.75, 3.05) is 26.2 Å². The Labute approximate surface area is 125 Å². The number of likely N-dealkylation sites (tertiary alicyclic amines) is 1. The molecule has 6 nitrogen and oxygen atoms in total. The molecule has 2 amide bonds. The Morgan fingerprint density at radius 2 is 2.00 bits per heavy atom. The maximum absolute atomic E-state index is 12.3. The van der Waals surface area contributed by atoms with Crippen LogP contribution in [0, 0.1) is 5.92 Å². The summed E-state index contributed by atoms with van der Waals surface area (Å²) in [7, 11) is 0. The summed E-state index contributed by atoms with van der Waals surface area (Å²) in [5, 5.41) is 12.0. The lowest BCUT2D eigenvalue weighted by molar-refractivity contribution is -0.138. The van der Waals surface area contributed by atoms with Gasteiger partial charge >= 0.3 is 12.0 Å². The van der Waals surface area contributed by atoms with Crippen LogP contribution in [0.3, 0.4) is 0 Å². The lowest BCUT2D eigenvalue weighted by atomic mass is 9.98. The lowest BCUT2D eigenvalue weighted by Crippen LogP contribution is -2.50. The first-order valence-corrected chi connectivity index (χ1v) is 8.13. The van der Waals surface area contributed by atoms with Gasteiger partial charge in [-0.25, -0.2) is 4.79 Å². The largest absolute Gasteiger partial charge is 0.481 e. The summed E-state index contributed by atoms with van der Waals surface area (Å²) in [6.07, 6.45) is 5.63. The average Bonchev–Trinajstić information content (AvgIpc) is 3.06. The normalized spacial score (nSPS) is 33.0. The van der Waals surface area contributed by atoms with Crippen molar-refractivity contribution < 1.29 is 14.7 Å². The number of carbonyl (C=O) groups is 2. The van der Waals surface area contributed by atoms with Crippen LogP contribution in [0.1, 0.15) is 38.5 Å². The Bertz CT molecular complexity index is 415. The van der Waals surface area contributed by atoms with Crippen LogP contribution in [0.2, 0.25) is 0 Å². The fraction of sp³-hybridized carbons (Fsp3) is 0.867. The van der Waals surface area contributed by atoms with Gasteiger partial charge in [0.1, 0.15) is 0 Å². The summed E-state index contributed by atoms with van der Waals surface area (Å²) in [6.45, 7) is 3.58. The molecule has 0 radical (unpaired) electrons. The van der Waals surface area contributed by atoms with Crippen LogP contribution < -0.4 is 5.32 Å². The minimum absolute atomic E-state index is 0.000615. The minimum Gasteiger partial charge on any atom is -0.481 e. The molecule has 3 fully saturated rings. The molecule has 3 heterocycles. The van der Waals surface area contributed by atoms with Gasteiger partial charge in [-0.2, -0.15) is 0 Å². The van der Waals surface area contributed by atoms with Crippen molar-refractivity contribution in [1.29, 1.82) is 0 Å². The van der Waals surface area contributed by atoms with Crippen molar-refractivity contribution in [2.24, 2.45) is 5.92 Å². The van der Waals surface area contributed by atoms with E-state index in [1.165, 1.54) is 19.4 Å². The van der Waals surface area contributed by atoms with Crippen LogP contribution in [-0.2, 0) is 4.79 Å². The molecule has 0 spiro atoms. The van der Waals surface area contributed by atoms with E-state index < -0.39 is 5.97 Å². The van der Waals surface area contributed by atoms with Crippen LogP contribution in [-0.4, -0.2) is 65.2 Å². The molecule has 3 atom stereocenters. The van der Waals surface area contributed by atoms with Gasteiger partial charge in [0.2, 0.25) is 0 Å². The highest BCUT2D eigenvalue weighted by Crippen LogP contribution is 2.27. The summed E-state index contributed by atoms with van der Waals surface area (Å²) in [6, 6.07) is 0.942. The summed E-state index contributed by atoms with van der Waals surface area (Å²) in [4.78, 5) is 27.4. The van der Waals surface area contributed by atoms with Crippen molar-refractivity contribution in [2.45, 2.75) is 50.6 Å². The van der Waals surface area contributed by atoms with Crippen molar-refractivity contribution in [3.05, 3.63) is 0 Å². The van der Waals surface area contributed by atoms with Gasteiger partial charge in [0, 0.05) is 38.1 Å². The molecular weight excluding hydrogens is 270 g/mol. The summed E-state index contributed by atoms with van der Waals surface area (Å²) in [5.74, 6) is -0.652. The second-order valence-electron chi connectivity index (χ2n) is 6.70. The molecular formula is C15H25N3O3. The number of hydrogen-bond acceptors (Lipinski definition) is 3. The summed E-state index contributed by atoms with van der Waals surface area (Å²) >= 11 is 0. The van der Waals surface area contributed by atoms with Gasteiger partial charge in [0.25, 0.3) is 0 Å². The number of carboxylic acid groups (broad SMARTS) is 1. The Hall–Kier alpha value is -1.30. The number of carbonyl (C=O) groups excluding carboxylic acids is 1. The third-order valence-electron chi connectivity index (χ3n) is 5.18. The van der Waals surface area contributed by atoms with Crippen molar-refractivity contribution in [1.82, 2.24) is 15.1 Å². The van der Waals surface area contributed by atoms with Crippen molar-refractivity contribution in [3.8, 4) is 0 Å². The van der Waals surface area contributed by atoms with E-state index >= 15 is 0 Å². The molecule has 0 aliphatic carbocycles. The maximum atomic E-state index is 12.3. The van der Waals surface area contributed by atoms with E-state index in [9.17, 15) is 9.59 Å². The van der Waals surface area contributed by atoms with Crippen LogP contribution in [0.5, 0.6) is 0 Å². The smallest absolute Gasteiger partial charge is 0.317 e. The molecule has 3 aliphatic rings. The number of fused-ring (bicyclic) bond motifs is 1.